The Morgan fingerprint density at radius 3 is 2.48 bits per heavy atom. The van der Waals surface area contributed by atoms with Crippen molar-refractivity contribution in [2.24, 2.45) is 5.41 Å². The van der Waals surface area contributed by atoms with E-state index in [1.54, 1.807) is 17.0 Å². The number of Topliss-reactive ketones (excluding diaryl/α,β-unsaturated/α-hetero) is 1. The molecule has 0 saturated heterocycles. The normalized spacial score (nSPS) is 22.3. The number of nitrogens with one attached hydrogen (secondary N) is 2. The van der Waals surface area contributed by atoms with E-state index in [0.29, 0.717) is 24.1 Å². The summed E-state index contributed by atoms with van der Waals surface area (Å²) in [6, 6.07) is 13.1. The topological polar surface area (TPSA) is 61.4 Å². The molecule has 0 aromatic heterocycles. The van der Waals surface area contributed by atoms with Crippen LogP contribution in [0.2, 0.25) is 0 Å². The fraction of sp³-hybridized carbons (Fsp3) is 0.407. The van der Waals surface area contributed by atoms with Gasteiger partial charge in [0, 0.05) is 23.7 Å². The molecule has 5 nitrogen and oxygen atoms in total. The molecule has 2 aliphatic carbocycles. The second kappa shape index (κ2) is 8.32. The molecule has 2 aromatic carbocycles. The Morgan fingerprint density at radius 1 is 1.06 bits per heavy atom. The lowest BCUT2D eigenvalue weighted by molar-refractivity contribution is -0.118. The van der Waals surface area contributed by atoms with E-state index in [2.05, 4.69) is 24.5 Å². The number of carbonyl (C=O) groups excluding carboxylic acids is 2. The first kappa shape index (κ1) is 21.7. The van der Waals surface area contributed by atoms with Crippen LogP contribution < -0.4 is 15.5 Å². The highest BCUT2D eigenvalue weighted by molar-refractivity contribution is 6.06. The summed E-state index contributed by atoms with van der Waals surface area (Å²) in [6.07, 6.45) is 5.22. The van der Waals surface area contributed by atoms with Gasteiger partial charge in [-0.2, -0.15) is 0 Å². The van der Waals surface area contributed by atoms with Gasteiger partial charge in [0.15, 0.2) is 5.78 Å². The highest BCUT2D eigenvalue weighted by Crippen LogP contribution is 2.48. The van der Waals surface area contributed by atoms with E-state index in [9.17, 15) is 14.0 Å². The van der Waals surface area contributed by atoms with Gasteiger partial charge in [0.1, 0.15) is 5.82 Å². The molecule has 172 valence electrons. The van der Waals surface area contributed by atoms with Crippen molar-refractivity contribution < 1.29 is 14.0 Å². The van der Waals surface area contributed by atoms with Gasteiger partial charge in [-0.3, -0.25) is 9.69 Å². The number of amides is 2. The fourth-order valence-electron chi connectivity index (χ4n) is 5.49. The van der Waals surface area contributed by atoms with Gasteiger partial charge in [0.2, 0.25) is 0 Å². The zero-order valence-corrected chi connectivity index (χ0v) is 19.2. The third-order valence-corrected chi connectivity index (χ3v) is 6.99. The molecular formula is C27H30FN3O2. The van der Waals surface area contributed by atoms with Gasteiger partial charge in [-0.05, 0) is 54.5 Å². The largest absolute Gasteiger partial charge is 0.357 e. The number of allylic oxidation sites excluding steroid dienone is 1. The maximum absolute atomic E-state index is 13.8. The number of para-hydroxylation sites is 2. The van der Waals surface area contributed by atoms with Crippen molar-refractivity contribution in [2.75, 3.05) is 10.2 Å². The lowest BCUT2D eigenvalue weighted by atomic mass is 9.73. The van der Waals surface area contributed by atoms with Crippen LogP contribution in [0.25, 0.3) is 0 Å². The predicted molar refractivity (Wildman–Crippen MR) is 128 cm³/mol. The minimum absolute atomic E-state index is 0.0227. The third kappa shape index (κ3) is 4.14. The predicted octanol–water partition coefficient (Wildman–Crippen LogP) is 6.09. The molecule has 5 rings (SSSR count). The van der Waals surface area contributed by atoms with E-state index in [1.807, 2.05) is 24.3 Å². The molecule has 2 aromatic rings. The highest BCUT2D eigenvalue weighted by atomic mass is 19.1. The van der Waals surface area contributed by atoms with E-state index >= 15 is 0 Å². The number of ketones is 1. The zero-order chi connectivity index (χ0) is 23.2. The summed E-state index contributed by atoms with van der Waals surface area (Å²) in [5, 5.41) is 6.71. The molecule has 33 heavy (non-hydrogen) atoms. The molecule has 0 spiro atoms. The molecular weight excluding hydrogens is 417 g/mol. The van der Waals surface area contributed by atoms with Crippen molar-refractivity contribution in [3.63, 3.8) is 0 Å². The number of benzene rings is 2. The van der Waals surface area contributed by atoms with Crippen LogP contribution in [0.1, 0.15) is 64.0 Å². The number of halogens is 1. The van der Waals surface area contributed by atoms with Gasteiger partial charge >= 0.3 is 6.03 Å². The summed E-state index contributed by atoms with van der Waals surface area (Å²) >= 11 is 0. The van der Waals surface area contributed by atoms with Crippen LogP contribution in [-0.2, 0) is 4.79 Å². The summed E-state index contributed by atoms with van der Waals surface area (Å²) < 4.78 is 13.8. The lowest BCUT2D eigenvalue weighted by Crippen LogP contribution is -2.47. The Morgan fingerprint density at radius 2 is 1.76 bits per heavy atom. The van der Waals surface area contributed by atoms with Crippen LogP contribution in [0.15, 0.2) is 59.8 Å². The standard InChI is InChI=1S/C27H30FN3O2/c1-27(2)15-21-24(23(32)16-27)25(17-11-13-18(28)14-12-17)31(22-10-6-5-9-20(22)30-21)26(33)29-19-7-3-4-8-19/h5-6,9-14,19,25,30H,3-4,7-8,15-16H2,1-2H3,(H,29,33). The molecule has 1 heterocycles. The molecule has 1 fully saturated rings. The lowest BCUT2D eigenvalue weighted by Gasteiger charge is -2.37. The monoisotopic (exact) mass is 447 g/mol. The number of anilines is 2. The maximum Gasteiger partial charge on any atom is 0.323 e. The minimum Gasteiger partial charge on any atom is -0.357 e. The van der Waals surface area contributed by atoms with Crippen molar-refractivity contribution in [1.29, 1.82) is 0 Å². The van der Waals surface area contributed by atoms with Crippen molar-refractivity contribution in [2.45, 2.75) is 64.5 Å². The minimum atomic E-state index is -0.637. The molecule has 0 radical (unpaired) electrons. The van der Waals surface area contributed by atoms with E-state index in [0.717, 1.165) is 42.6 Å². The molecule has 2 amide bonds. The second-order valence-corrected chi connectivity index (χ2v) is 10.2. The number of hydrogen-bond donors (Lipinski definition) is 2. The van der Waals surface area contributed by atoms with Crippen LogP contribution in [0, 0.1) is 11.2 Å². The quantitative estimate of drug-likeness (QED) is 0.585. The smallest absolute Gasteiger partial charge is 0.323 e. The second-order valence-electron chi connectivity index (χ2n) is 10.2. The van der Waals surface area contributed by atoms with Crippen LogP contribution in [0.5, 0.6) is 0 Å². The van der Waals surface area contributed by atoms with E-state index < -0.39 is 6.04 Å². The maximum atomic E-state index is 13.8. The van der Waals surface area contributed by atoms with E-state index in [4.69, 9.17) is 0 Å². The zero-order valence-electron chi connectivity index (χ0n) is 19.2. The van der Waals surface area contributed by atoms with Crippen LogP contribution in [0.3, 0.4) is 0 Å². The van der Waals surface area contributed by atoms with Gasteiger partial charge in [-0.25, -0.2) is 9.18 Å². The fourth-order valence-corrected chi connectivity index (χ4v) is 5.49. The molecule has 1 unspecified atom stereocenters. The van der Waals surface area contributed by atoms with E-state index in [-0.39, 0.29) is 29.1 Å². The van der Waals surface area contributed by atoms with E-state index in [1.165, 1.54) is 12.1 Å². The number of carbonyl (C=O) groups is 2. The van der Waals surface area contributed by atoms with Crippen molar-refractivity contribution in [3.05, 3.63) is 71.2 Å². The van der Waals surface area contributed by atoms with Gasteiger partial charge in [0.25, 0.3) is 0 Å². The Hall–Kier alpha value is -3.15. The molecule has 0 bridgehead atoms. The Kier molecular flexibility index (Phi) is 5.47. The summed E-state index contributed by atoms with van der Waals surface area (Å²) in [7, 11) is 0. The molecule has 6 heteroatoms. The number of fused-ring (bicyclic) bond motifs is 1. The summed E-state index contributed by atoms with van der Waals surface area (Å²) in [4.78, 5) is 29.1. The summed E-state index contributed by atoms with van der Waals surface area (Å²) in [6.45, 7) is 4.18. The molecule has 1 saturated carbocycles. The van der Waals surface area contributed by atoms with Crippen molar-refractivity contribution >= 4 is 23.2 Å². The van der Waals surface area contributed by atoms with Gasteiger partial charge in [-0.1, -0.05) is 51.0 Å². The number of hydrogen-bond acceptors (Lipinski definition) is 3. The molecule has 1 atom stereocenters. The summed E-state index contributed by atoms with van der Waals surface area (Å²) in [5.74, 6) is -0.326. The van der Waals surface area contributed by atoms with Crippen LogP contribution in [-0.4, -0.2) is 17.9 Å². The SMILES string of the molecule is CC1(C)CC(=O)C2=C(C1)Nc1ccccc1N(C(=O)NC1CCCC1)C2c1ccc(F)cc1. The first-order valence-electron chi connectivity index (χ1n) is 11.8. The Labute approximate surface area is 194 Å². The third-order valence-electron chi connectivity index (χ3n) is 6.99. The van der Waals surface area contributed by atoms with Gasteiger partial charge in [-0.15, -0.1) is 0 Å². The molecule has 1 aliphatic heterocycles. The first-order valence-corrected chi connectivity index (χ1v) is 11.8. The molecule has 2 N–H and O–H groups in total. The molecule has 3 aliphatic rings. The number of nitrogens with zero attached hydrogens (tertiary/aromatic N) is 1. The Balaban J connectivity index is 1.69. The highest BCUT2D eigenvalue weighted by Gasteiger charge is 2.43. The average Bonchev–Trinajstić information content (AvgIpc) is 3.21. The van der Waals surface area contributed by atoms with Crippen LogP contribution >= 0.6 is 0 Å². The van der Waals surface area contributed by atoms with Gasteiger partial charge in [0.05, 0.1) is 17.4 Å². The number of urea groups is 1. The Bertz CT molecular complexity index is 1120. The van der Waals surface area contributed by atoms with Crippen molar-refractivity contribution in [1.82, 2.24) is 5.32 Å². The average molecular weight is 448 g/mol. The number of rotatable bonds is 2. The van der Waals surface area contributed by atoms with Crippen LogP contribution in [0.4, 0.5) is 20.6 Å². The van der Waals surface area contributed by atoms with Gasteiger partial charge < -0.3 is 10.6 Å². The van der Waals surface area contributed by atoms with Crippen molar-refractivity contribution in [3.8, 4) is 0 Å². The first-order chi connectivity index (χ1) is 15.8. The summed E-state index contributed by atoms with van der Waals surface area (Å²) in [5.41, 5.74) is 3.47.